The maximum atomic E-state index is 12.9. The average Bonchev–Trinajstić information content (AvgIpc) is 3.27. The van der Waals surface area contributed by atoms with Crippen molar-refractivity contribution in [1.29, 1.82) is 0 Å². The van der Waals surface area contributed by atoms with Gasteiger partial charge >= 0.3 is 0 Å². The lowest BCUT2D eigenvalue weighted by molar-refractivity contribution is 0.0855. The first-order valence-electron chi connectivity index (χ1n) is 8.48. The molecule has 0 spiro atoms. The first-order valence-corrected chi connectivity index (χ1v) is 8.48. The highest BCUT2D eigenvalue weighted by Gasteiger charge is 2.48. The van der Waals surface area contributed by atoms with Gasteiger partial charge in [-0.25, -0.2) is 9.98 Å². The van der Waals surface area contributed by atoms with E-state index in [1.54, 1.807) is 11.2 Å². The number of benzene rings is 1. The van der Waals surface area contributed by atoms with Crippen LogP contribution >= 0.6 is 0 Å². The Morgan fingerprint density at radius 3 is 2.88 bits per heavy atom. The van der Waals surface area contributed by atoms with E-state index in [2.05, 4.69) is 22.0 Å². The van der Waals surface area contributed by atoms with Gasteiger partial charge in [0.1, 0.15) is 0 Å². The first kappa shape index (κ1) is 13.8. The van der Waals surface area contributed by atoms with Gasteiger partial charge < -0.3 is 4.57 Å². The van der Waals surface area contributed by atoms with Gasteiger partial charge in [-0.3, -0.25) is 14.6 Å². The number of imidazole rings is 1. The zero-order valence-electron chi connectivity index (χ0n) is 13.6. The fourth-order valence-corrected chi connectivity index (χ4v) is 4.15. The minimum absolute atomic E-state index is 0.0200. The molecule has 1 aromatic carbocycles. The highest BCUT2D eigenvalue weighted by Crippen LogP contribution is 2.39. The van der Waals surface area contributed by atoms with Gasteiger partial charge in [0.2, 0.25) is 5.96 Å². The number of fused-ring (bicyclic) bond motifs is 5. The number of amides is 1. The number of carbonyl (C=O) groups excluding carboxylic acids is 1. The van der Waals surface area contributed by atoms with E-state index >= 15 is 0 Å². The van der Waals surface area contributed by atoms with Crippen molar-refractivity contribution in [2.75, 3.05) is 11.9 Å². The summed E-state index contributed by atoms with van der Waals surface area (Å²) in [6.07, 6.45) is 5.20. The Labute approximate surface area is 140 Å². The van der Waals surface area contributed by atoms with Crippen molar-refractivity contribution < 1.29 is 4.79 Å². The van der Waals surface area contributed by atoms with E-state index in [9.17, 15) is 4.79 Å². The fraction of sp³-hybridized carbons (Fsp3) is 0.389. The molecule has 1 aromatic heterocycles. The highest BCUT2D eigenvalue weighted by atomic mass is 16.2. The molecule has 2 atom stereocenters. The monoisotopic (exact) mass is 321 g/mol. The number of hydrogen-bond donors (Lipinski definition) is 0. The minimum atomic E-state index is -0.0200. The van der Waals surface area contributed by atoms with Crippen molar-refractivity contribution >= 4 is 17.7 Å². The zero-order chi connectivity index (χ0) is 16.3. The van der Waals surface area contributed by atoms with Crippen LogP contribution in [0.2, 0.25) is 0 Å². The second-order valence-electron chi connectivity index (χ2n) is 6.76. The first-order chi connectivity index (χ1) is 11.7. The van der Waals surface area contributed by atoms with E-state index in [1.165, 1.54) is 6.42 Å². The summed E-state index contributed by atoms with van der Waals surface area (Å²) in [4.78, 5) is 26.2. The Kier molecular flexibility index (Phi) is 2.83. The summed E-state index contributed by atoms with van der Waals surface area (Å²) >= 11 is 0. The van der Waals surface area contributed by atoms with E-state index in [1.807, 2.05) is 29.8 Å². The molecule has 5 rings (SSSR count). The standard InChI is InChI=1S/C18H19N5O/c1-21-17(24)15-16(23-14-9-5-8-13(14)20-18(21)23)19-11-22(15)10-12-6-3-2-4-7-12/h2-4,6-7,11,13-14H,5,8-10H2,1H3. The summed E-state index contributed by atoms with van der Waals surface area (Å²) in [6, 6.07) is 10.8. The van der Waals surface area contributed by atoms with Crippen molar-refractivity contribution in [3.05, 3.63) is 47.9 Å². The molecular formula is C18H19N5O. The molecule has 0 saturated heterocycles. The molecule has 3 aliphatic rings. The maximum Gasteiger partial charge on any atom is 0.280 e. The van der Waals surface area contributed by atoms with Crippen LogP contribution in [-0.4, -0.2) is 45.4 Å². The number of guanidine groups is 1. The summed E-state index contributed by atoms with van der Waals surface area (Å²) in [7, 11) is 1.82. The van der Waals surface area contributed by atoms with Gasteiger partial charge in [-0.05, 0) is 24.8 Å². The van der Waals surface area contributed by atoms with Crippen LogP contribution in [-0.2, 0) is 6.54 Å². The smallest absolute Gasteiger partial charge is 0.280 e. The molecular weight excluding hydrogens is 302 g/mol. The second-order valence-corrected chi connectivity index (χ2v) is 6.76. The lowest BCUT2D eigenvalue weighted by Gasteiger charge is -2.34. The summed E-state index contributed by atoms with van der Waals surface area (Å²) < 4.78 is 1.96. The number of rotatable bonds is 2. The molecule has 6 nitrogen and oxygen atoms in total. The number of hydrogen-bond acceptors (Lipinski definition) is 4. The van der Waals surface area contributed by atoms with Gasteiger partial charge in [0.15, 0.2) is 11.5 Å². The third kappa shape index (κ3) is 1.79. The Bertz CT molecular complexity index is 840. The minimum Gasteiger partial charge on any atom is -0.320 e. The van der Waals surface area contributed by atoms with Crippen molar-refractivity contribution in [3.63, 3.8) is 0 Å². The van der Waals surface area contributed by atoms with Crippen molar-refractivity contribution in [2.45, 2.75) is 37.9 Å². The number of carbonyl (C=O) groups is 1. The number of anilines is 1. The second kappa shape index (κ2) is 4.93. The van der Waals surface area contributed by atoms with Gasteiger partial charge in [-0.1, -0.05) is 30.3 Å². The van der Waals surface area contributed by atoms with Gasteiger partial charge in [0.25, 0.3) is 5.91 Å². The van der Waals surface area contributed by atoms with Gasteiger partial charge in [-0.15, -0.1) is 0 Å². The lowest BCUT2D eigenvalue weighted by Crippen LogP contribution is -2.51. The van der Waals surface area contributed by atoms with Crippen LogP contribution in [0.3, 0.4) is 0 Å². The SMILES string of the molecule is CN1C(=O)c2c(ncn2Cc2ccccc2)N2C1=NC1CCCC12. The number of aromatic nitrogens is 2. The molecule has 2 aliphatic heterocycles. The van der Waals surface area contributed by atoms with Crippen LogP contribution in [0.1, 0.15) is 35.3 Å². The highest BCUT2D eigenvalue weighted by molar-refractivity contribution is 6.18. The fourth-order valence-electron chi connectivity index (χ4n) is 4.15. The van der Waals surface area contributed by atoms with Crippen molar-refractivity contribution in [1.82, 2.24) is 14.5 Å². The van der Waals surface area contributed by atoms with E-state index in [0.717, 1.165) is 30.2 Å². The van der Waals surface area contributed by atoms with Crippen LogP contribution in [0.5, 0.6) is 0 Å². The van der Waals surface area contributed by atoms with Crippen molar-refractivity contribution in [2.24, 2.45) is 4.99 Å². The summed E-state index contributed by atoms with van der Waals surface area (Å²) in [5, 5.41) is 0. The van der Waals surface area contributed by atoms with Crippen LogP contribution in [0.25, 0.3) is 0 Å². The quantitative estimate of drug-likeness (QED) is 0.851. The maximum absolute atomic E-state index is 12.9. The van der Waals surface area contributed by atoms with Crippen LogP contribution in [0.4, 0.5) is 5.82 Å². The third-order valence-electron chi connectivity index (χ3n) is 5.32. The summed E-state index contributed by atoms with van der Waals surface area (Å²) in [6.45, 7) is 0.650. The zero-order valence-corrected chi connectivity index (χ0v) is 13.6. The summed E-state index contributed by atoms with van der Waals surface area (Å²) in [5.41, 5.74) is 1.83. The molecule has 6 heteroatoms. The predicted octanol–water partition coefficient (Wildman–Crippen LogP) is 2.11. The topological polar surface area (TPSA) is 53.7 Å². The molecule has 122 valence electrons. The normalized spacial score (nSPS) is 24.7. The Hall–Kier alpha value is -2.63. The van der Waals surface area contributed by atoms with E-state index in [-0.39, 0.29) is 5.91 Å². The van der Waals surface area contributed by atoms with E-state index in [0.29, 0.717) is 24.3 Å². The summed E-state index contributed by atoms with van der Waals surface area (Å²) in [5.74, 6) is 1.53. The molecule has 1 saturated carbocycles. The molecule has 24 heavy (non-hydrogen) atoms. The Morgan fingerprint density at radius 2 is 2.04 bits per heavy atom. The lowest BCUT2D eigenvalue weighted by atomic mass is 10.1. The molecule has 1 fully saturated rings. The largest absolute Gasteiger partial charge is 0.320 e. The third-order valence-corrected chi connectivity index (χ3v) is 5.32. The van der Waals surface area contributed by atoms with Crippen molar-refractivity contribution in [3.8, 4) is 0 Å². The number of nitrogens with zero attached hydrogens (tertiary/aromatic N) is 5. The predicted molar refractivity (Wildman–Crippen MR) is 91.2 cm³/mol. The van der Waals surface area contributed by atoms with E-state index in [4.69, 9.17) is 4.99 Å². The molecule has 2 unspecified atom stereocenters. The Morgan fingerprint density at radius 1 is 1.21 bits per heavy atom. The molecule has 1 amide bonds. The number of aliphatic imine (C=N–C) groups is 1. The molecule has 0 radical (unpaired) electrons. The van der Waals surface area contributed by atoms with Gasteiger partial charge in [0, 0.05) is 13.6 Å². The van der Waals surface area contributed by atoms with Gasteiger partial charge in [0.05, 0.1) is 18.4 Å². The van der Waals surface area contributed by atoms with E-state index < -0.39 is 0 Å². The molecule has 0 bridgehead atoms. The Balaban J connectivity index is 1.59. The van der Waals surface area contributed by atoms with Gasteiger partial charge in [-0.2, -0.15) is 0 Å². The van der Waals surface area contributed by atoms with Crippen LogP contribution in [0.15, 0.2) is 41.7 Å². The molecule has 3 heterocycles. The molecule has 1 aliphatic carbocycles. The molecule has 2 aromatic rings. The van der Waals surface area contributed by atoms with Crippen LogP contribution in [0, 0.1) is 0 Å². The average molecular weight is 321 g/mol. The molecule has 0 N–H and O–H groups in total. The van der Waals surface area contributed by atoms with Crippen LogP contribution < -0.4 is 4.90 Å².